The van der Waals surface area contributed by atoms with E-state index in [4.69, 9.17) is 0 Å². The van der Waals surface area contributed by atoms with Crippen molar-refractivity contribution in [1.82, 2.24) is 8.97 Å². The molecule has 2 nitrogen and oxygen atoms in total. The average Bonchev–Trinajstić information content (AvgIpc) is 3.29. The lowest BCUT2D eigenvalue weighted by Crippen LogP contribution is -2.36. The summed E-state index contributed by atoms with van der Waals surface area (Å²) in [4.78, 5) is 0. The van der Waals surface area contributed by atoms with Crippen molar-refractivity contribution in [3.8, 4) is 0 Å². The molecule has 4 aromatic carbocycles. The first kappa shape index (κ1) is 31.2. The van der Waals surface area contributed by atoms with E-state index in [1.165, 1.54) is 61.0 Å². The van der Waals surface area contributed by atoms with Crippen molar-refractivity contribution >= 4 is 45.7 Å². The van der Waals surface area contributed by atoms with E-state index in [-0.39, 0.29) is 0 Å². The summed E-state index contributed by atoms with van der Waals surface area (Å²) in [6, 6.07) is 26.6. The highest BCUT2D eigenvalue weighted by Gasteiger charge is 2.42. The number of hydrogen-bond acceptors (Lipinski definition) is 0. The third-order valence-electron chi connectivity index (χ3n) is 8.91. The molecule has 4 aromatic rings. The first-order chi connectivity index (χ1) is 20.7. The maximum absolute atomic E-state index is 9.75. The van der Waals surface area contributed by atoms with E-state index in [1.54, 1.807) is 0 Å². The molecule has 0 amide bonds. The Labute approximate surface area is 257 Å². The lowest BCUT2D eigenvalue weighted by atomic mass is 9.94. The Kier molecular flexibility index (Phi) is 8.32. The molecular weight excluding hydrogens is 559 g/mol. The minimum atomic E-state index is -6.00. The van der Waals surface area contributed by atoms with Crippen molar-refractivity contribution in [3.05, 3.63) is 138 Å². The number of rotatable bonds is 4. The molecule has 0 N–H and O–H groups in total. The number of benzene rings is 4. The third-order valence-corrected chi connectivity index (χ3v) is 8.91. The minimum Gasteiger partial charge on any atom is -0.418 e. The zero-order valence-electron chi connectivity index (χ0n) is 26.0. The summed E-state index contributed by atoms with van der Waals surface area (Å²) in [6.45, 7) is 4.60. The van der Waals surface area contributed by atoms with Crippen LogP contribution in [0.25, 0.3) is 27.1 Å². The second-order valence-electron chi connectivity index (χ2n) is 12.3. The van der Waals surface area contributed by atoms with Crippen molar-refractivity contribution in [2.45, 2.75) is 19.8 Å². The highest BCUT2D eigenvalue weighted by Crippen LogP contribution is 2.50. The number of nitrogens with zero attached hydrogens (tertiary/aromatic N) is 2. The van der Waals surface area contributed by atoms with Gasteiger partial charge in [0.15, 0.2) is 0 Å². The van der Waals surface area contributed by atoms with Crippen molar-refractivity contribution in [2.24, 2.45) is 0 Å². The average molecular weight is 598 g/mol. The van der Waals surface area contributed by atoms with E-state index in [0.29, 0.717) is 5.92 Å². The molecule has 0 aliphatic carbocycles. The summed E-state index contributed by atoms with van der Waals surface area (Å²) in [5.41, 5.74) is 9.72. The molecule has 0 spiro atoms. The van der Waals surface area contributed by atoms with Crippen LogP contribution in [0.2, 0.25) is 0 Å². The first-order valence-corrected chi connectivity index (χ1v) is 14.8. The highest BCUT2D eigenvalue weighted by molar-refractivity contribution is 6.50. The monoisotopic (exact) mass is 597 g/mol. The van der Waals surface area contributed by atoms with Crippen LogP contribution in [0.15, 0.2) is 127 Å². The van der Waals surface area contributed by atoms with Gasteiger partial charge in [-0.05, 0) is 59.7 Å². The van der Waals surface area contributed by atoms with Gasteiger partial charge in [-0.15, -0.1) is 0 Å². The van der Waals surface area contributed by atoms with Crippen LogP contribution in [0.1, 0.15) is 30.9 Å². The van der Waals surface area contributed by atoms with Crippen LogP contribution >= 0.6 is 0 Å². The predicted molar refractivity (Wildman–Crippen MR) is 182 cm³/mol. The molecule has 2 aliphatic heterocycles. The molecule has 6 rings (SSSR count). The lowest BCUT2D eigenvalue weighted by molar-refractivity contribution is 0.368. The Hall–Kier alpha value is -4.20. The first-order valence-electron chi connectivity index (χ1n) is 14.8. The van der Waals surface area contributed by atoms with E-state index in [2.05, 4.69) is 157 Å². The number of allylic oxidation sites excluding steroid dienone is 9. The molecule has 0 radical (unpaired) electrons. The van der Waals surface area contributed by atoms with Crippen LogP contribution < -0.4 is 8.97 Å². The SMILES string of the molecule is CC1=C(C=CC=CC=CC=C2C(C)c3c(ccc4ccccc34)[N+]2(C)C)[N+](C)(C)c2ccc3ccccc3c21.F[B-](F)(F)F. The van der Waals surface area contributed by atoms with E-state index < -0.39 is 7.25 Å². The fourth-order valence-electron chi connectivity index (χ4n) is 6.93. The van der Waals surface area contributed by atoms with Gasteiger partial charge in [-0.2, -0.15) is 0 Å². The quantitative estimate of drug-likeness (QED) is 0.0951. The zero-order valence-corrected chi connectivity index (χ0v) is 26.0. The summed E-state index contributed by atoms with van der Waals surface area (Å²) in [5, 5.41) is 5.33. The van der Waals surface area contributed by atoms with Gasteiger partial charge in [0.2, 0.25) is 0 Å². The minimum absolute atomic E-state index is 0.379. The molecule has 0 bridgehead atoms. The standard InChI is InChI=1S/C37H38N2.BF4/c1-26-32(38(3,4)34-24-22-28-16-12-14-18-30(28)36(26)34)20-10-8-7-9-11-21-33-27(2)37-31-19-15-13-17-29(31)23-25-35(37)39(33,5)6;2-1(3,4)5/h7-26H,1-6H3;/q+2;-1. The van der Waals surface area contributed by atoms with Crippen molar-refractivity contribution in [2.75, 3.05) is 28.2 Å². The molecule has 2 heterocycles. The number of quaternary nitrogens is 2. The second-order valence-corrected chi connectivity index (χ2v) is 12.3. The summed E-state index contributed by atoms with van der Waals surface area (Å²) in [7, 11) is 3.16. The van der Waals surface area contributed by atoms with E-state index in [1.807, 2.05) is 0 Å². The number of likely N-dealkylation sites (N-methyl/N-ethyl adjacent to an activating group) is 2. The summed E-state index contributed by atoms with van der Waals surface area (Å²) in [5.74, 6) is 0.379. The highest BCUT2D eigenvalue weighted by atomic mass is 19.5. The normalized spacial score (nSPS) is 19.9. The Morgan fingerprint density at radius 1 is 0.636 bits per heavy atom. The Bertz CT molecular complexity index is 1890. The number of fused-ring (bicyclic) bond motifs is 6. The van der Waals surface area contributed by atoms with Gasteiger partial charge in [0.05, 0.1) is 39.7 Å². The molecule has 0 saturated carbocycles. The van der Waals surface area contributed by atoms with E-state index >= 15 is 0 Å². The van der Waals surface area contributed by atoms with Crippen LogP contribution in [-0.4, -0.2) is 35.4 Å². The van der Waals surface area contributed by atoms with Gasteiger partial charge < -0.3 is 17.3 Å². The summed E-state index contributed by atoms with van der Waals surface area (Å²) >= 11 is 0. The second kappa shape index (κ2) is 11.7. The van der Waals surface area contributed by atoms with E-state index in [0.717, 1.165) is 8.97 Å². The summed E-state index contributed by atoms with van der Waals surface area (Å²) in [6.07, 6.45) is 15.3. The Morgan fingerprint density at radius 3 is 1.82 bits per heavy atom. The Balaban J connectivity index is 0.000000712. The van der Waals surface area contributed by atoms with Gasteiger partial charge in [-0.3, -0.25) is 8.97 Å². The number of hydrogen-bond donors (Lipinski definition) is 0. The van der Waals surface area contributed by atoms with E-state index in [9.17, 15) is 17.3 Å². The molecule has 44 heavy (non-hydrogen) atoms. The summed E-state index contributed by atoms with van der Waals surface area (Å²) < 4.78 is 40.6. The van der Waals surface area contributed by atoms with Gasteiger partial charge in [-0.25, -0.2) is 0 Å². The fraction of sp³-hybridized carbons (Fsp3) is 0.189. The van der Waals surface area contributed by atoms with Crippen LogP contribution in [0.4, 0.5) is 28.6 Å². The van der Waals surface area contributed by atoms with Gasteiger partial charge in [0.25, 0.3) is 0 Å². The zero-order chi connectivity index (χ0) is 31.9. The van der Waals surface area contributed by atoms with Gasteiger partial charge in [0, 0.05) is 23.3 Å². The van der Waals surface area contributed by atoms with Crippen molar-refractivity contribution < 1.29 is 17.3 Å². The predicted octanol–water partition coefficient (Wildman–Crippen LogP) is 10.5. The smallest absolute Gasteiger partial charge is 0.418 e. The largest absolute Gasteiger partial charge is 0.673 e. The molecule has 2 aliphatic rings. The van der Waals surface area contributed by atoms with Gasteiger partial charge in [-0.1, -0.05) is 78.9 Å². The maximum atomic E-state index is 9.75. The van der Waals surface area contributed by atoms with Gasteiger partial charge in [0.1, 0.15) is 22.8 Å². The van der Waals surface area contributed by atoms with Gasteiger partial charge >= 0.3 is 7.25 Å². The van der Waals surface area contributed by atoms with Crippen LogP contribution in [0.3, 0.4) is 0 Å². The van der Waals surface area contributed by atoms with Crippen molar-refractivity contribution in [3.63, 3.8) is 0 Å². The molecule has 0 aromatic heterocycles. The molecule has 1 unspecified atom stereocenters. The topological polar surface area (TPSA) is 0 Å². The number of halogens is 4. The lowest BCUT2D eigenvalue weighted by Gasteiger charge is -2.26. The molecule has 0 fully saturated rings. The van der Waals surface area contributed by atoms with Crippen LogP contribution in [0.5, 0.6) is 0 Å². The fourth-order valence-corrected chi connectivity index (χ4v) is 6.93. The molecule has 226 valence electrons. The Morgan fingerprint density at radius 2 is 1.16 bits per heavy atom. The molecule has 1 atom stereocenters. The maximum Gasteiger partial charge on any atom is 0.673 e. The molecule has 0 saturated heterocycles. The van der Waals surface area contributed by atoms with Crippen LogP contribution in [0, 0.1) is 0 Å². The van der Waals surface area contributed by atoms with Crippen molar-refractivity contribution in [1.29, 1.82) is 0 Å². The van der Waals surface area contributed by atoms with Crippen LogP contribution in [-0.2, 0) is 0 Å². The third kappa shape index (κ3) is 5.82. The molecule has 7 heteroatoms. The molecular formula is C37H38BF4N2+.